The summed E-state index contributed by atoms with van der Waals surface area (Å²) in [5, 5.41) is 15.8. The third-order valence-corrected chi connectivity index (χ3v) is 4.68. The van der Waals surface area contributed by atoms with Gasteiger partial charge >= 0.3 is 0 Å². The van der Waals surface area contributed by atoms with Crippen molar-refractivity contribution in [1.29, 1.82) is 0 Å². The number of carbonyl (C=O) groups is 1. The van der Waals surface area contributed by atoms with Crippen molar-refractivity contribution in [2.24, 2.45) is 11.3 Å². The Morgan fingerprint density at radius 1 is 1.32 bits per heavy atom. The van der Waals surface area contributed by atoms with Crippen LogP contribution in [0.15, 0.2) is 0 Å². The van der Waals surface area contributed by atoms with Crippen LogP contribution in [0.2, 0.25) is 0 Å². The van der Waals surface area contributed by atoms with Crippen LogP contribution < -0.4 is 10.6 Å². The van der Waals surface area contributed by atoms with E-state index in [9.17, 15) is 9.90 Å². The van der Waals surface area contributed by atoms with Gasteiger partial charge in [0, 0.05) is 18.0 Å². The van der Waals surface area contributed by atoms with Crippen molar-refractivity contribution in [3.05, 3.63) is 0 Å². The number of amides is 1. The molecule has 2 atom stereocenters. The highest BCUT2D eigenvalue weighted by Gasteiger charge is 2.36. The van der Waals surface area contributed by atoms with Crippen LogP contribution in [0.4, 0.5) is 0 Å². The summed E-state index contributed by atoms with van der Waals surface area (Å²) < 4.78 is 5.35. The molecular weight excluding hydrogens is 244 g/mol. The molecule has 1 amide bonds. The SMILES string of the molecule is CNC1COCC1C(=O)NCC1(CO)CCCCC1. The van der Waals surface area contributed by atoms with Crippen molar-refractivity contribution >= 4 is 5.91 Å². The Morgan fingerprint density at radius 3 is 2.68 bits per heavy atom. The Morgan fingerprint density at radius 2 is 2.05 bits per heavy atom. The Kier molecular flexibility index (Phi) is 5.19. The number of rotatable bonds is 5. The van der Waals surface area contributed by atoms with E-state index in [1.807, 2.05) is 7.05 Å². The highest BCUT2D eigenvalue weighted by Crippen LogP contribution is 2.35. The van der Waals surface area contributed by atoms with E-state index in [2.05, 4.69) is 10.6 Å². The Balaban J connectivity index is 1.85. The Bertz CT molecular complexity index is 303. The van der Waals surface area contributed by atoms with Crippen LogP contribution in [-0.2, 0) is 9.53 Å². The molecule has 19 heavy (non-hydrogen) atoms. The molecule has 2 aliphatic rings. The highest BCUT2D eigenvalue weighted by molar-refractivity contribution is 5.79. The van der Waals surface area contributed by atoms with E-state index in [0.29, 0.717) is 19.8 Å². The van der Waals surface area contributed by atoms with Gasteiger partial charge in [-0.1, -0.05) is 19.3 Å². The van der Waals surface area contributed by atoms with Crippen LogP contribution in [-0.4, -0.2) is 50.5 Å². The molecule has 2 unspecified atom stereocenters. The maximum atomic E-state index is 12.2. The smallest absolute Gasteiger partial charge is 0.227 e. The summed E-state index contributed by atoms with van der Waals surface area (Å²) in [5.74, 6) is -0.0559. The van der Waals surface area contributed by atoms with Gasteiger partial charge in [0.15, 0.2) is 0 Å². The first-order valence-corrected chi connectivity index (χ1v) is 7.34. The molecule has 0 aromatic carbocycles. The van der Waals surface area contributed by atoms with Crippen molar-refractivity contribution in [3.63, 3.8) is 0 Å². The van der Waals surface area contributed by atoms with Crippen LogP contribution in [0.3, 0.4) is 0 Å². The molecule has 0 radical (unpaired) electrons. The molecule has 2 rings (SSSR count). The van der Waals surface area contributed by atoms with Gasteiger partial charge in [0.1, 0.15) is 0 Å². The van der Waals surface area contributed by atoms with E-state index in [0.717, 1.165) is 25.7 Å². The predicted molar refractivity (Wildman–Crippen MR) is 72.8 cm³/mol. The molecular formula is C14H26N2O3. The molecule has 1 saturated heterocycles. The molecule has 5 heteroatoms. The lowest BCUT2D eigenvalue weighted by atomic mass is 9.74. The number of hydrogen-bond donors (Lipinski definition) is 3. The zero-order valence-electron chi connectivity index (χ0n) is 11.8. The van der Waals surface area contributed by atoms with E-state index in [1.54, 1.807) is 0 Å². The van der Waals surface area contributed by atoms with E-state index in [-0.39, 0.29) is 29.9 Å². The van der Waals surface area contributed by atoms with Gasteiger partial charge in [0.2, 0.25) is 5.91 Å². The second-order valence-corrected chi connectivity index (χ2v) is 5.98. The lowest BCUT2D eigenvalue weighted by molar-refractivity contribution is -0.126. The monoisotopic (exact) mass is 270 g/mol. The van der Waals surface area contributed by atoms with Gasteiger partial charge in [-0.05, 0) is 19.9 Å². The summed E-state index contributed by atoms with van der Waals surface area (Å²) in [6, 6.07) is 0.108. The molecule has 2 fully saturated rings. The summed E-state index contributed by atoms with van der Waals surface area (Å²) in [6.07, 6.45) is 5.58. The number of hydrogen-bond acceptors (Lipinski definition) is 4. The van der Waals surface area contributed by atoms with Gasteiger partial charge in [-0.2, -0.15) is 0 Å². The first-order valence-electron chi connectivity index (χ1n) is 7.34. The van der Waals surface area contributed by atoms with Gasteiger partial charge in [-0.3, -0.25) is 4.79 Å². The molecule has 1 aliphatic heterocycles. The number of ether oxygens (including phenoxy) is 1. The summed E-state index contributed by atoms with van der Waals surface area (Å²) in [6.45, 7) is 1.85. The molecule has 1 aliphatic carbocycles. The number of aliphatic hydroxyl groups is 1. The molecule has 1 saturated carbocycles. The molecule has 5 nitrogen and oxygen atoms in total. The molecule has 0 bridgehead atoms. The molecule has 0 aromatic heterocycles. The first kappa shape index (κ1) is 14.8. The van der Waals surface area contributed by atoms with Crippen molar-refractivity contribution in [2.75, 3.05) is 33.4 Å². The fraction of sp³-hybridized carbons (Fsp3) is 0.929. The minimum Gasteiger partial charge on any atom is -0.396 e. The van der Waals surface area contributed by atoms with Gasteiger partial charge in [-0.15, -0.1) is 0 Å². The molecule has 3 N–H and O–H groups in total. The van der Waals surface area contributed by atoms with E-state index >= 15 is 0 Å². The number of likely N-dealkylation sites (N-methyl/N-ethyl adjacent to an activating group) is 1. The van der Waals surface area contributed by atoms with Crippen molar-refractivity contribution in [1.82, 2.24) is 10.6 Å². The van der Waals surface area contributed by atoms with Crippen LogP contribution >= 0.6 is 0 Å². The first-order chi connectivity index (χ1) is 9.21. The quantitative estimate of drug-likeness (QED) is 0.671. The third-order valence-electron chi connectivity index (χ3n) is 4.68. The van der Waals surface area contributed by atoms with Gasteiger partial charge < -0.3 is 20.5 Å². The third kappa shape index (κ3) is 3.46. The second-order valence-electron chi connectivity index (χ2n) is 5.98. The maximum absolute atomic E-state index is 12.2. The highest BCUT2D eigenvalue weighted by atomic mass is 16.5. The van der Waals surface area contributed by atoms with Crippen LogP contribution in [0.1, 0.15) is 32.1 Å². The van der Waals surface area contributed by atoms with Gasteiger partial charge in [-0.25, -0.2) is 0 Å². The molecule has 1 heterocycles. The maximum Gasteiger partial charge on any atom is 0.227 e. The van der Waals surface area contributed by atoms with Crippen molar-refractivity contribution < 1.29 is 14.6 Å². The van der Waals surface area contributed by atoms with E-state index < -0.39 is 0 Å². The standard InChI is InChI=1S/C14H26N2O3/c1-15-12-8-19-7-11(12)13(18)16-9-14(10-17)5-3-2-4-6-14/h11-12,15,17H,2-10H2,1H3,(H,16,18). The summed E-state index contributed by atoms with van der Waals surface area (Å²) in [4.78, 5) is 12.2. The van der Waals surface area contributed by atoms with Gasteiger partial charge in [0.05, 0.1) is 25.7 Å². The summed E-state index contributed by atoms with van der Waals surface area (Å²) in [5.41, 5.74) is -0.0947. The largest absolute Gasteiger partial charge is 0.396 e. The Hall–Kier alpha value is -0.650. The Labute approximate surface area is 115 Å². The summed E-state index contributed by atoms with van der Waals surface area (Å²) in [7, 11) is 1.86. The minimum absolute atomic E-state index is 0.0512. The topological polar surface area (TPSA) is 70.6 Å². The van der Waals surface area contributed by atoms with Crippen LogP contribution in [0.25, 0.3) is 0 Å². The van der Waals surface area contributed by atoms with Crippen molar-refractivity contribution in [2.45, 2.75) is 38.1 Å². The van der Waals surface area contributed by atoms with E-state index in [4.69, 9.17) is 4.74 Å². The fourth-order valence-corrected chi connectivity index (χ4v) is 3.20. The lowest BCUT2D eigenvalue weighted by Gasteiger charge is -2.36. The number of aliphatic hydroxyl groups excluding tert-OH is 1. The van der Waals surface area contributed by atoms with Crippen molar-refractivity contribution in [3.8, 4) is 0 Å². The van der Waals surface area contributed by atoms with E-state index in [1.165, 1.54) is 6.42 Å². The number of carbonyl (C=O) groups excluding carboxylic acids is 1. The fourth-order valence-electron chi connectivity index (χ4n) is 3.20. The molecule has 0 spiro atoms. The normalized spacial score (nSPS) is 30.2. The number of nitrogens with one attached hydrogen (secondary N) is 2. The van der Waals surface area contributed by atoms with Crippen LogP contribution in [0.5, 0.6) is 0 Å². The van der Waals surface area contributed by atoms with Gasteiger partial charge in [0.25, 0.3) is 0 Å². The predicted octanol–water partition coefficient (Wildman–Crippen LogP) is 0.280. The summed E-state index contributed by atoms with van der Waals surface area (Å²) >= 11 is 0. The lowest BCUT2D eigenvalue weighted by Crippen LogP contribution is -2.47. The zero-order valence-corrected chi connectivity index (χ0v) is 11.8. The minimum atomic E-state index is -0.107. The second kappa shape index (κ2) is 6.68. The molecule has 110 valence electrons. The zero-order chi connectivity index (χ0) is 13.7. The average Bonchev–Trinajstić information content (AvgIpc) is 2.94. The average molecular weight is 270 g/mol. The molecule has 0 aromatic rings. The van der Waals surface area contributed by atoms with Crippen LogP contribution in [0, 0.1) is 11.3 Å².